The molecule has 88 valence electrons. The van der Waals surface area contributed by atoms with Gasteiger partial charge in [0.15, 0.2) is 0 Å². The molecule has 0 saturated carbocycles. The largest absolute Gasteiger partial charge is 0.497 e. The summed E-state index contributed by atoms with van der Waals surface area (Å²) in [6.07, 6.45) is 1.64. The van der Waals surface area contributed by atoms with Gasteiger partial charge in [-0.05, 0) is 23.6 Å². The van der Waals surface area contributed by atoms with E-state index in [1.807, 2.05) is 24.3 Å². The number of methoxy groups -OCH3 is 1. The maximum Gasteiger partial charge on any atom is 0.322 e. The van der Waals surface area contributed by atoms with Gasteiger partial charge in [-0.25, -0.2) is 4.98 Å². The number of aliphatic carboxylic acids is 1. The monoisotopic (exact) mass is 232 g/mol. The number of benzene rings is 1. The molecule has 0 spiro atoms. The Kier molecular flexibility index (Phi) is 3.09. The Hall–Kier alpha value is -2.30. The number of ether oxygens (including phenoxy) is 1. The molecule has 0 aliphatic rings. The minimum absolute atomic E-state index is 0.163. The van der Waals surface area contributed by atoms with Gasteiger partial charge < -0.3 is 15.2 Å². The quantitative estimate of drug-likeness (QED) is 0.840. The lowest BCUT2D eigenvalue weighted by Gasteiger charge is -2.08. The molecule has 0 aliphatic heterocycles. The van der Waals surface area contributed by atoms with Crippen molar-refractivity contribution in [3.63, 3.8) is 0 Å². The lowest BCUT2D eigenvalue weighted by Crippen LogP contribution is -2.13. The zero-order chi connectivity index (χ0) is 12.3. The molecule has 2 N–H and O–H groups in total. The average Bonchev–Trinajstić information content (AvgIpc) is 2.35. The standard InChI is InChI=1S/C12H12N2O3/c1-17-9-3-2-8-4-5-13-12(10(8)6-9)14-7-11(15)16/h2-6H,7H2,1H3,(H,13,14)(H,15,16). The number of carboxylic acid groups (broad SMARTS) is 1. The number of anilines is 1. The molecule has 1 aromatic heterocycles. The summed E-state index contributed by atoms with van der Waals surface area (Å²) in [6, 6.07) is 7.44. The molecular formula is C12H12N2O3. The second-order valence-corrected chi connectivity index (χ2v) is 3.49. The van der Waals surface area contributed by atoms with Gasteiger partial charge in [0.05, 0.1) is 7.11 Å². The van der Waals surface area contributed by atoms with Crippen molar-refractivity contribution >= 4 is 22.6 Å². The highest BCUT2D eigenvalue weighted by atomic mass is 16.5. The van der Waals surface area contributed by atoms with Crippen molar-refractivity contribution in [2.75, 3.05) is 19.0 Å². The Morgan fingerprint density at radius 3 is 3.00 bits per heavy atom. The van der Waals surface area contributed by atoms with Crippen LogP contribution in [0.1, 0.15) is 0 Å². The number of nitrogens with one attached hydrogen (secondary N) is 1. The summed E-state index contributed by atoms with van der Waals surface area (Å²) < 4.78 is 5.13. The van der Waals surface area contributed by atoms with Gasteiger partial charge in [-0.3, -0.25) is 4.79 Å². The van der Waals surface area contributed by atoms with Gasteiger partial charge in [0.2, 0.25) is 0 Å². The van der Waals surface area contributed by atoms with Crippen LogP contribution in [0.2, 0.25) is 0 Å². The Labute approximate surface area is 98.0 Å². The van der Waals surface area contributed by atoms with Gasteiger partial charge in [-0.15, -0.1) is 0 Å². The fourth-order valence-electron chi connectivity index (χ4n) is 1.57. The van der Waals surface area contributed by atoms with Crippen LogP contribution in [0.4, 0.5) is 5.82 Å². The van der Waals surface area contributed by atoms with Crippen LogP contribution in [0.5, 0.6) is 5.75 Å². The summed E-state index contributed by atoms with van der Waals surface area (Å²) in [5, 5.41) is 13.2. The zero-order valence-electron chi connectivity index (χ0n) is 9.30. The van der Waals surface area contributed by atoms with Crippen LogP contribution in [0.15, 0.2) is 30.5 Å². The van der Waals surface area contributed by atoms with Crippen molar-refractivity contribution in [2.24, 2.45) is 0 Å². The molecule has 0 bridgehead atoms. The van der Waals surface area contributed by atoms with Crippen molar-refractivity contribution in [3.05, 3.63) is 30.5 Å². The number of aromatic nitrogens is 1. The van der Waals surface area contributed by atoms with Gasteiger partial charge in [0, 0.05) is 11.6 Å². The highest BCUT2D eigenvalue weighted by molar-refractivity contribution is 5.93. The Bertz CT molecular complexity index is 554. The summed E-state index contributed by atoms with van der Waals surface area (Å²) >= 11 is 0. The number of hydrogen-bond donors (Lipinski definition) is 2. The molecule has 1 heterocycles. The highest BCUT2D eigenvalue weighted by Crippen LogP contribution is 2.25. The van der Waals surface area contributed by atoms with E-state index in [1.165, 1.54) is 0 Å². The molecule has 2 aromatic rings. The molecule has 0 amide bonds. The number of nitrogens with zero attached hydrogens (tertiary/aromatic N) is 1. The molecule has 0 radical (unpaired) electrons. The van der Waals surface area contributed by atoms with E-state index in [0.717, 1.165) is 10.8 Å². The van der Waals surface area contributed by atoms with Gasteiger partial charge in [-0.2, -0.15) is 0 Å². The lowest BCUT2D eigenvalue weighted by molar-refractivity contribution is -0.134. The molecule has 0 saturated heterocycles. The summed E-state index contributed by atoms with van der Waals surface area (Å²) in [6.45, 7) is -0.163. The normalized spacial score (nSPS) is 10.2. The van der Waals surface area contributed by atoms with E-state index in [9.17, 15) is 4.79 Å². The van der Waals surface area contributed by atoms with Gasteiger partial charge >= 0.3 is 5.97 Å². The smallest absolute Gasteiger partial charge is 0.322 e. The Morgan fingerprint density at radius 1 is 1.47 bits per heavy atom. The number of hydrogen-bond acceptors (Lipinski definition) is 4. The molecule has 2 rings (SSSR count). The van der Waals surface area contributed by atoms with E-state index in [0.29, 0.717) is 11.6 Å². The third kappa shape index (κ3) is 2.44. The zero-order valence-corrected chi connectivity index (χ0v) is 9.30. The number of carboxylic acids is 1. The Morgan fingerprint density at radius 2 is 2.29 bits per heavy atom. The van der Waals surface area contributed by atoms with Crippen molar-refractivity contribution in [2.45, 2.75) is 0 Å². The third-order valence-corrected chi connectivity index (χ3v) is 2.38. The van der Waals surface area contributed by atoms with Crippen molar-refractivity contribution in [3.8, 4) is 5.75 Å². The minimum atomic E-state index is -0.924. The van der Waals surface area contributed by atoms with Crippen LogP contribution in [-0.2, 0) is 4.79 Å². The van der Waals surface area contributed by atoms with E-state index in [1.54, 1.807) is 13.3 Å². The van der Waals surface area contributed by atoms with Crippen molar-refractivity contribution in [1.82, 2.24) is 4.98 Å². The molecule has 0 fully saturated rings. The second kappa shape index (κ2) is 4.69. The lowest BCUT2D eigenvalue weighted by atomic mass is 10.1. The van der Waals surface area contributed by atoms with E-state index < -0.39 is 5.97 Å². The number of carbonyl (C=O) groups is 1. The van der Waals surface area contributed by atoms with Crippen LogP contribution in [0, 0.1) is 0 Å². The van der Waals surface area contributed by atoms with Crippen LogP contribution >= 0.6 is 0 Å². The summed E-state index contributed by atoms with van der Waals surface area (Å²) in [5.41, 5.74) is 0. The van der Waals surface area contributed by atoms with Gasteiger partial charge in [0.25, 0.3) is 0 Å². The molecule has 0 atom stereocenters. The topological polar surface area (TPSA) is 71.5 Å². The minimum Gasteiger partial charge on any atom is -0.497 e. The first-order chi connectivity index (χ1) is 8.20. The Balaban J connectivity index is 2.43. The SMILES string of the molecule is COc1ccc2ccnc(NCC(=O)O)c2c1. The van der Waals surface area contributed by atoms with Crippen molar-refractivity contribution in [1.29, 1.82) is 0 Å². The van der Waals surface area contributed by atoms with Gasteiger partial charge in [-0.1, -0.05) is 6.07 Å². The summed E-state index contributed by atoms with van der Waals surface area (Å²) in [5.74, 6) is 0.333. The number of fused-ring (bicyclic) bond motifs is 1. The van der Waals surface area contributed by atoms with E-state index in [2.05, 4.69) is 10.3 Å². The van der Waals surface area contributed by atoms with Crippen molar-refractivity contribution < 1.29 is 14.6 Å². The summed E-state index contributed by atoms with van der Waals surface area (Å²) in [7, 11) is 1.59. The predicted molar refractivity (Wildman–Crippen MR) is 64.4 cm³/mol. The fourth-order valence-corrected chi connectivity index (χ4v) is 1.57. The molecule has 0 unspecified atom stereocenters. The molecular weight excluding hydrogens is 220 g/mol. The van der Waals surface area contributed by atoms with E-state index in [4.69, 9.17) is 9.84 Å². The second-order valence-electron chi connectivity index (χ2n) is 3.49. The maximum absolute atomic E-state index is 10.5. The first-order valence-electron chi connectivity index (χ1n) is 5.09. The molecule has 5 heteroatoms. The predicted octanol–water partition coefficient (Wildman–Crippen LogP) is 1.74. The first kappa shape index (κ1) is 11.2. The van der Waals surface area contributed by atoms with Crippen LogP contribution in [-0.4, -0.2) is 29.7 Å². The fraction of sp³-hybridized carbons (Fsp3) is 0.167. The molecule has 0 aliphatic carbocycles. The van der Waals surface area contributed by atoms with E-state index in [-0.39, 0.29) is 6.54 Å². The van der Waals surface area contributed by atoms with Crippen LogP contribution < -0.4 is 10.1 Å². The van der Waals surface area contributed by atoms with Crippen LogP contribution in [0.25, 0.3) is 10.8 Å². The van der Waals surface area contributed by atoms with E-state index >= 15 is 0 Å². The summed E-state index contributed by atoms with van der Waals surface area (Å²) in [4.78, 5) is 14.6. The maximum atomic E-state index is 10.5. The third-order valence-electron chi connectivity index (χ3n) is 2.38. The molecule has 5 nitrogen and oxygen atoms in total. The molecule has 17 heavy (non-hydrogen) atoms. The molecule has 1 aromatic carbocycles. The first-order valence-corrected chi connectivity index (χ1v) is 5.09. The highest BCUT2D eigenvalue weighted by Gasteiger charge is 2.05. The number of rotatable bonds is 4. The van der Waals surface area contributed by atoms with Gasteiger partial charge in [0.1, 0.15) is 18.1 Å². The average molecular weight is 232 g/mol. The number of pyridine rings is 1. The van der Waals surface area contributed by atoms with Crippen LogP contribution in [0.3, 0.4) is 0 Å².